The lowest BCUT2D eigenvalue weighted by molar-refractivity contribution is -0.129. The van der Waals surface area contributed by atoms with Gasteiger partial charge >= 0.3 is 0 Å². The Morgan fingerprint density at radius 2 is 1.47 bits per heavy atom. The fourth-order valence-corrected chi connectivity index (χ4v) is 3.72. The Bertz CT molecular complexity index is 1060. The van der Waals surface area contributed by atoms with Crippen LogP contribution in [-0.2, 0) is 29.1 Å². The summed E-state index contributed by atoms with van der Waals surface area (Å²) in [5, 5.41) is 8.14. The molecule has 5 nitrogen and oxygen atoms in total. The van der Waals surface area contributed by atoms with Crippen LogP contribution in [0.4, 0.5) is 0 Å². The third-order valence-corrected chi connectivity index (χ3v) is 5.43. The van der Waals surface area contributed by atoms with E-state index in [-0.39, 0.29) is 24.2 Å². The third-order valence-electron chi connectivity index (χ3n) is 5.43. The summed E-state index contributed by atoms with van der Waals surface area (Å²) < 4.78 is 0. The summed E-state index contributed by atoms with van der Waals surface area (Å²) in [6.07, 6.45) is 0.245. The number of hydrogen-bond donors (Lipinski definition) is 2. The lowest BCUT2D eigenvalue weighted by atomic mass is 10.0. The molecule has 0 aromatic heterocycles. The maximum absolute atomic E-state index is 12.8. The maximum atomic E-state index is 12.8. The average molecular weight is 432 g/mol. The second-order valence-corrected chi connectivity index (χ2v) is 8.92. The monoisotopic (exact) mass is 431 g/mol. The largest absolute Gasteiger partial charge is 0.350 e. The molecule has 3 aromatic rings. The molecule has 3 rings (SSSR count). The highest BCUT2D eigenvalue weighted by Crippen LogP contribution is 2.16. The molecule has 0 saturated heterocycles. The first kappa shape index (κ1) is 23.5. The average Bonchev–Trinajstić information content (AvgIpc) is 2.76. The van der Waals surface area contributed by atoms with E-state index in [1.807, 2.05) is 82.5 Å². The smallest absolute Gasteiger partial charge is 0.243 e. The Labute approximate surface area is 190 Å². The van der Waals surface area contributed by atoms with Gasteiger partial charge in [0.25, 0.3) is 0 Å². The Balaban J connectivity index is 1.56. The van der Waals surface area contributed by atoms with E-state index in [0.717, 1.165) is 28.4 Å². The molecule has 5 heteroatoms. The van der Waals surface area contributed by atoms with E-state index in [1.165, 1.54) is 5.56 Å². The SMILES string of the molecule is CC(C)C(NC(=O)Cc1ccc2ccccc2c1)C(=O)NCc1ccc(CN(C)C)cc1. The van der Waals surface area contributed by atoms with E-state index in [1.54, 1.807) is 0 Å². The zero-order chi connectivity index (χ0) is 23.1. The van der Waals surface area contributed by atoms with Crippen molar-refractivity contribution in [2.24, 2.45) is 5.92 Å². The number of carbonyl (C=O) groups excluding carboxylic acids is 2. The van der Waals surface area contributed by atoms with E-state index in [9.17, 15) is 9.59 Å². The molecule has 0 spiro atoms. The van der Waals surface area contributed by atoms with Crippen LogP contribution in [0.1, 0.15) is 30.5 Å². The molecule has 0 radical (unpaired) electrons. The minimum absolute atomic E-state index is 0.0157. The highest BCUT2D eigenvalue weighted by molar-refractivity contribution is 5.89. The van der Waals surface area contributed by atoms with Crippen LogP contribution in [0.3, 0.4) is 0 Å². The number of nitrogens with zero attached hydrogens (tertiary/aromatic N) is 1. The van der Waals surface area contributed by atoms with Crippen LogP contribution in [0.2, 0.25) is 0 Å². The van der Waals surface area contributed by atoms with Crippen molar-refractivity contribution in [2.75, 3.05) is 14.1 Å². The van der Waals surface area contributed by atoms with Crippen LogP contribution in [0, 0.1) is 5.92 Å². The van der Waals surface area contributed by atoms with Crippen molar-refractivity contribution in [1.82, 2.24) is 15.5 Å². The number of carbonyl (C=O) groups is 2. The summed E-state index contributed by atoms with van der Waals surface area (Å²) in [6.45, 7) is 5.20. The lowest BCUT2D eigenvalue weighted by Gasteiger charge is -2.22. The molecule has 3 aromatic carbocycles. The molecule has 0 bridgehead atoms. The topological polar surface area (TPSA) is 61.4 Å². The van der Waals surface area contributed by atoms with Crippen LogP contribution < -0.4 is 10.6 Å². The molecule has 0 aliphatic rings. The molecule has 0 saturated carbocycles. The predicted octanol–water partition coefficient (Wildman–Crippen LogP) is 3.90. The number of rotatable bonds is 9. The zero-order valence-corrected chi connectivity index (χ0v) is 19.4. The molecule has 1 unspecified atom stereocenters. The molecular weight excluding hydrogens is 398 g/mol. The molecule has 0 aliphatic carbocycles. The minimum atomic E-state index is -0.573. The van der Waals surface area contributed by atoms with Gasteiger partial charge in [0.2, 0.25) is 11.8 Å². The Kier molecular flexibility index (Phi) is 8.01. The van der Waals surface area contributed by atoms with Gasteiger partial charge in [-0.15, -0.1) is 0 Å². The standard InChI is InChI=1S/C27H33N3O2/c1-19(2)26(27(32)28-17-20-9-11-21(12-10-20)18-30(3)4)29-25(31)16-22-13-14-23-7-5-6-8-24(23)15-22/h5-15,19,26H,16-18H2,1-4H3,(H,28,32)(H,29,31). The Morgan fingerprint density at radius 1 is 0.844 bits per heavy atom. The van der Waals surface area contributed by atoms with Crippen LogP contribution in [0.15, 0.2) is 66.7 Å². The second kappa shape index (κ2) is 10.9. The van der Waals surface area contributed by atoms with Crippen molar-refractivity contribution in [1.29, 1.82) is 0 Å². The number of nitrogens with one attached hydrogen (secondary N) is 2. The number of hydrogen-bond acceptors (Lipinski definition) is 3. The lowest BCUT2D eigenvalue weighted by Crippen LogP contribution is -2.49. The highest BCUT2D eigenvalue weighted by Gasteiger charge is 2.24. The first-order valence-electron chi connectivity index (χ1n) is 11.1. The van der Waals surface area contributed by atoms with Crippen molar-refractivity contribution < 1.29 is 9.59 Å². The van der Waals surface area contributed by atoms with Gasteiger partial charge in [-0.25, -0.2) is 0 Å². The van der Waals surface area contributed by atoms with E-state index in [2.05, 4.69) is 27.7 Å². The molecular formula is C27H33N3O2. The van der Waals surface area contributed by atoms with Crippen molar-refractivity contribution in [3.8, 4) is 0 Å². The van der Waals surface area contributed by atoms with E-state index in [0.29, 0.717) is 6.54 Å². The van der Waals surface area contributed by atoms with Crippen molar-refractivity contribution in [3.05, 3.63) is 83.4 Å². The predicted molar refractivity (Wildman–Crippen MR) is 130 cm³/mol. The third kappa shape index (κ3) is 6.66. The molecule has 168 valence electrons. The number of benzene rings is 3. The highest BCUT2D eigenvalue weighted by atomic mass is 16.2. The van der Waals surface area contributed by atoms with Gasteiger partial charge in [0.15, 0.2) is 0 Å². The van der Waals surface area contributed by atoms with Gasteiger partial charge in [-0.05, 0) is 47.5 Å². The van der Waals surface area contributed by atoms with Crippen molar-refractivity contribution in [3.63, 3.8) is 0 Å². The first-order chi connectivity index (χ1) is 15.3. The number of fused-ring (bicyclic) bond motifs is 1. The maximum Gasteiger partial charge on any atom is 0.243 e. The fourth-order valence-electron chi connectivity index (χ4n) is 3.72. The van der Waals surface area contributed by atoms with E-state index in [4.69, 9.17) is 0 Å². The number of amides is 2. The second-order valence-electron chi connectivity index (χ2n) is 8.92. The van der Waals surface area contributed by atoms with Gasteiger partial charge in [0.1, 0.15) is 6.04 Å². The van der Waals surface area contributed by atoms with Crippen LogP contribution in [0.25, 0.3) is 10.8 Å². The Morgan fingerprint density at radius 3 is 2.12 bits per heavy atom. The van der Waals surface area contributed by atoms with Gasteiger partial charge in [-0.2, -0.15) is 0 Å². The van der Waals surface area contributed by atoms with Crippen LogP contribution >= 0.6 is 0 Å². The fraction of sp³-hybridized carbons (Fsp3) is 0.333. The van der Waals surface area contributed by atoms with Gasteiger partial charge in [0, 0.05) is 13.1 Å². The van der Waals surface area contributed by atoms with E-state index < -0.39 is 6.04 Å². The normalized spacial score (nSPS) is 12.2. The molecule has 0 heterocycles. The molecule has 1 atom stereocenters. The van der Waals surface area contributed by atoms with Gasteiger partial charge in [-0.1, -0.05) is 80.6 Å². The summed E-state index contributed by atoms with van der Waals surface area (Å²) in [4.78, 5) is 27.6. The molecule has 0 aliphatic heterocycles. The molecule has 0 fully saturated rings. The summed E-state index contributed by atoms with van der Waals surface area (Å²) in [5.74, 6) is -0.329. The van der Waals surface area contributed by atoms with E-state index >= 15 is 0 Å². The quantitative estimate of drug-likeness (QED) is 0.540. The van der Waals surface area contributed by atoms with Gasteiger partial charge in [0.05, 0.1) is 6.42 Å². The van der Waals surface area contributed by atoms with Crippen LogP contribution in [-0.4, -0.2) is 36.9 Å². The first-order valence-corrected chi connectivity index (χ1v) is 11.1. The molecule has 2 amide bonds. The minimum Gasteiger partial charge on any atom is -0.350 e. The Hall–Kier alpha value is -3.18. The molecule has 32 heavy (non-hydrogen) atoms. The summed E-state index contributed by atoms with van der Waals surface area (Å²) in [6, 6.07) is 21.7. The zero-order valence-electron chi connectivity index (χ0n) is 19.4. The van der Waals surface area contributed by atoms with Crippen molar-refractivity contribution >= 4 is 22.6 Å². The van der Waals surface area contributed by atoms with Gasteiger partial charge in [-0.3, -0.25) is 9.59 Å². The summed E-state index contributed by atoms with van der Waals surface area (Å²) in [7, 11) is 4.07. The van der Waals surface area contributed by atoms with Crippen LogP contribution in [0.5, 0.6) is 0 Å². The summed E-state index contributed by atoms with van der Waals surface area (Å²) in [5.41, 5.74) is 3.19. The molecule has 2 N–H and O–H groups in total. The summed E-state index contributed by atoms with van der Waals surface area (Å²) >= 11 is 0. The van der Waals surface area contributed by atoms with Crippen molar-refractivity contribution in [2.45, 2.75) is 39.4 Å². The van der Waals surface area contributed by atoms with Gasteiger partial charge < -0.3 is 15.5 Å².